The molecule has 0 radical (unpaired) electrons. The SMILES string of the molecule is O=C(NO)c1cnc2c(c1)CCN([C@H]1C[C@@]3(CCCCO3)C1)C2. The quantitative estimate of drug-likeness (QED) is 0.641. The Kier molecular flexibility index (Phi) is 3.83. The van der Waals surface area contributed by atoms with Gasteiger partial charge in [-0.05, 0) is 50.2 Å². The highest BCUT2D eigenvalue weighted by Crippen LogP contribution is 2.45. The van der Waals surface area contributed by atoms with Crippen LogP contribution in [0, 0.1) is 0 Å². The zero-order chi connectivity index (χ0) is 15.9. The maximum Gasteiger partial charge on any atom is 0.276 e. The number of rotatable bonds is 2. The molecule has 1 amide bonds. The third-order valence-corrected chi connectivity index (χ3v) is 5.61. The van der Waals surface area contributed by atoms with Crippen LogP contribution in [-0.2, 0) is 17.7 Å². The van der Waals surface area contributed by atoms with Crippen molar-refractivity contribution in [2.24, 2.45) is 0 Å². The minimum Gasteiger partial charge on any atom is -0.375 e. The summed E-state index contributed by atoms with van der Waals surface area (Å²) in [5.74, 6) is -0.502. The van der Waals surface area contributed by atoms with Gasteiger partial charge in [0.25, 0.3) is 5.91 Å². The summed E-state index contributed by atoms with van der Waals surface area (Å²) < 4.78 is 6.04. The van der Waals surface area contributed by atoms with Crippen molar-refractivity contribution in [2.75, 3.05) is 13.2 Å². The second kappa shape index (κ2) is 5.85. The first-order valence-corrected chi connectivity index (χ1v) is 8.49. The molecule has 124 valence electrons. The smallest absolute Gasteiger partial charge is 0.276 e. The standard InChI is InChI=1S/C17H23N3O3/c21-16(19-22)13-7-12-3-5-20(11-15(12)18-10-13)14-8-17(9-14)4-1-2-6-23-17/h7,10,14,22H,1-6,8-9,11H2,(H,19,21)/t14-,17-. The fraction of sp³-hybridized carbons (Fsp3) is 0.647. The summed E-state index contributed by atoms with van der Waals surface area (Å²) in [5, 5.41) is 8.72. The lowest BCUT2D eigenvalue weighted by molar-refractivity contribution is -0.162. The molecule has 0 atom stereocenters. The summed E-state index contributed by atoms with van der Waals surface area (Å²) in [7, 11) is 0. The van der Waals surface area contributed by atoms with Crippen LogP contribution in [0.25, 0.3) is 0 Å². The zero-order valence-electron chi connectivity index (χ0n) is 13.3. The monoisotopic (exact) mass is 317 g/mol. The number of carbonyl (C=O) groups is 1. The Morgan fingerprint density at radius 1 is 1.43 bits per heavy atom. The Bertz CT molecular complexity index is 605. The van der Waals surface area contributed by atoms with E-state index in [4.69, 9.17) is 9.94 Å². The minimum absolute atomic E-state index is 0.166. The molecular formula is C17H23N3O3. The van der Waals surface area contributed by atoms with E-state index in [2.05, 4.69) is 9.88 Å². The minimum atomic E-state index is -0.502. The van der Waals surface area contributed by atoms with Crippen LogP contribution in [0.1, 0.15) is 53.7 Å². The number of carbonyl (C=O) groups excluding carboxylic acids is 1. The zero-order valence-corrected chi connectivity index (χ0v) is 13.3. The summed E-state index contributed by atoms with van der Waals surface area (Å²) in [5.41, 5.74) is 4.41. The molecule has 0 bridgehead atoms. The van der Waals surface area contributed by atoms with Gasteiger partial charge < -0.3 is 4.74 Å². The van der Waals surface area contributed by atoms with Gasteiger partial charge in [0, 0.05) is 31.9 Å². The van der Waals surface area contributed by atoms with Gasteiger partial charge in [-0.2, -0.15) is 0 Å². The molecule has 2 aliphatic heterocycles. The average Bonchev–Trinajstić information content (AvgIpc) is 2.58. The number of nitrogens with one attached hydrogen (secondary N) is 1. The lowest BCUT2D eigenvalue weighted by atomic mass is 9.70. The average molecular weight is 317 g/mol. The molecule has 3 aliphatic rings. The van der Waals surface area contributed by atoms with Gasteiger partial charge >= 0.3 is 0 Å². The van der Waals surface area contributed by atoms with Crippen LogP contribution in [0.2, 0.25) is 0 Å². The van der Waals surface area contributed by atoms with E-state index in [0.717, 1.165) is 50.2 Å². The number of fused-ring (bicyclic) bond motifs is 1. The second-order valence-corrected chi connectivity index (χ2v) is 7.04. The van der Waals surface area contributed by atoms with Gasteiger partial charge in [-0.1, -0.05) is 0 Å². The molecule has 2 fully saturated rings. The molecular weight excluding hydrogens is 294 g/mol. The van der Waals surface area contributed by atoms with Gasteiger partial charge in [0.15, 0.2) is 0 Å². The van der Waals surface area contributed by atoms with Crippen molar-refractivity contribution in [1.82, 2.24) is 15.4 Å². The highest BCUT2D eigenvalue weighted by Gasteiger charge is 2.48. The van der Waals surface area contributed by atoms with Gasteiger partial charge in [0.05, 0.1) is 16.9 Å². The summed E-state index contributed by atoms with van der Waals surface area (Å²) in [6.45, 7) is 2.77. The molecule has 1 aromatic rings. The lowest BCUT2D eigenvalue weighted by Gasteiger charge is -2.53. The molecule has 3 heterocycles. The molecule has 1 spiro atoms. The first-order valence-electron chi connectivity index (χ1n) is 8.49. The highest BCUT2D eigenvalue weighted by atomic mass is 16.5. The van der Waals surface area contributed by atoms with Crippen molar-refractivity contribution >= 4 is 5.91 Å². The van der Waals surface area contributed by atoms with Crippen LogP contribution >= 0.6 is 0 Å². The van der Waals surface area contributed by atoms with Crippen molar-refractivity contribution in [3.63, 3.8) is 0 Å². The van der Waals surface area contributed by atoms with E-state index in [-0.39, 0.29) is 5.60 Å². The van der Waals surface area contributed by atoms with Gasteiger partial charge in [-0.25, -0.2) is 5.48 Å². The predicted molar refractivity (Wildman–Crippen MR) is 83.2 cm³/mol. The molecule has 4 rings (SSSR count). The summed E-state index contributed by atoms with van der Waals surface area (Å²) in [4.78, 5) is 18.4. The molecule has 2 N–H and O–H groups in total. The van der Waals surface area contributed by atoms with Gasteiger partial charge in [-0.15, -0.1) is 0 Å². The molecule has 1 aromatic heterocycles. The maximum absolute atomic E-state index is 11.5. The summed E-state index contributed by atoms with van der Waals surface area (Å²) in [6, 6.07) is 2.45. The lowest BCUT2D eigenvalue weighted by Crippen LogP contribution is -2.58. The van der Waals surface area contributed by atoms with E-state index in [0.29, 0.717) is 11.6 Å². The Morgan fingerprint density at radius 3 is 3.04 bits per heavy atom. The summed E-state index contributed by atoms with van der Waals surface area (Å²) in [6.07, 6.45) is 8.45. The number of amides is 1. The number of pyridine rings is 1. The largest absolute Gasteiger partial charge is 0.375 e. The van der Waals surface area contributed by atoms with Gasteiger partial charge in [0.2, 0.25) is 0 Å². The van der Waals surface area contributed by atoms with Crippen molar-refractivity contribution in [1.29, 1.82) is 0 Å². The first kappa shape index (κ1) is 15.1. The van der Waals surface area contributed by atoms with Crippen LogP contribution in [0.4, 0.5) is 0 Å². The molecule has 1 aliphatic carbocycles. The van der Waals surface area contributed by atoms with Crippen molar-refractivity contribution < 1.29 is 14.7 Å². The number of hydrogen-bond donors (Lipinski definition) is 2. The molecule has 1 saturated heterocycles. The third kappa shape index (κ3) is 2.75. The Labute approximate surface area is 135 Å². The molecule has 6 nitrogen and oxygen atoms in total. The van der Waals surface area contributed by atoms with Crippen LogP contribution < -0.4 is 5.48 Å². The van der Waals surface area contributed by atoms with Crippen LogP contribution in [-0.4, -0.2) is 45.8 Å². The Morgan fingerprint density at radius 2 is 2.30 bits per heavy atom. The number of hydroxylamine groups is 1. The van der Waals surface area contributed by atoms with Crippen molar-refractivity contribution in [3.05, 3.63) is 29.1 Å². The fourth-order valence-corrected chi connectivity index (χ4v) is 4.22. The highest BCUT2D eigenvalue weighted by molar-refractivity contribution is 5.93. The van der Waals surface area contributed by atoms with Gasteiger partial charge in [-0.3, -0.25) is 19.9 Å². The van der Waals surface area contributed by atoms with E-state index in [9.17, 15) is 4.79 Å². The molecule has 1 saturated carbocycles. The number of nitrogens with zero attached hydrogens (tertiary/aromatic N) is 2. The number of hydrogen-bond acceptors (Lipinski definition) is 5. The maximum atomic E-state index is 11.5. The molecule has 0 aromatic carbocycles. The first-order chi connectivity index (χ1) is 11.2. The fourth-order valence-electron chi connectivity index (χ4n) is 4.22. The normalized spacial score (nSPS) is 30.6. The molecule has 23 heavy (non-hydrogen) atoms. The van der Waals surface area contributed by atoms with Crippen LogP contribution in [0.15, 0.2) is 12.3 Å². The topological polar surface area (TPSA) is 74.7 Å². The third-order valence-electron chi connectivity index (χ3n) is 5.61. The Balaban J connectivity index is 1.41. The second-order valence-electron chi connectivity index (χ2n) is 7.04. The van der Waals surface area contributed by atoms with Crippen molar-refractivity contribution in [3.8, 4) is 0 Å². The summed E-state index contributed by atoms with van der Waals surface area (Å²) >= 11 is 0. The van der Waals surface area contributed by atoms with Gasteiger partial charge in [0.1, 0.15) is 0 Å². The van der Waals surface area contributed by atoms with E-state index < -0.39 is 5.91 Å². The number of aromatic nitrogens is 1. The van der Waals surface area contributed by atoms with E-state index in [1.165, 1.54) is 19.3 Å². The van der Waals surface area contributed by atoms with Crippen molar-refractivity contribution in [2.45, 2.75) is 56.7 Å². The van der Waals surface area contributed by atoms with E-state index in [1.807, 2.05) is 6.07 Å². The molecule has 0 unspecified atom stereocenters. The van der Waals surface area contributed by atoms with Crippen LogP contribution in [0.5, 0.6) is 0 Å². The van der Waals surface area contributed by atoms with E-state index >= 15 is 0 Å². The predicted octanol–water partition coefficient (Wildman–Crippen LogP) is 1.66. The Hall–Kier alpha value is -1.50. The molecule has 6 heteroatoms. The van der Waals surface area contributed by atoms with Crippen LogP contribution in [0.3, 0.4) is 0 Å². The van der Waals surface area contributed by atoms with E-state index in [1.54, 1.807) is 11.7 Å². The number of ether oxygens (including phenoxy) is 1.